The third kappa shape index (κ3) is 3.52. The Bertz CT molecular complexity index is 957. The van der Waals surface area contributed by atoms with E-state index < -0.39 is 17.7 Å². The molecule has 2 N–H and O–H groups in total. The lowest BCUT2D eigenvalue weighted by molar-refractivity contribution is -0.118. The molecular weight excluding hydrogens is 354 g/mol. The zero-order valence-electron chi connectivity index (χ0n) is 16.6. The van der Waals surface area contributed by atoms with Crippen LogP contribution < -0.4 is 4.90 Å². The van der Waals surface area contributed by atoms with Crippen molar-refractivity contribution in [3.8, 4) is 5.75 Å². The Morgan fingerprint density at radius 1 is 1.07 bits per heavy atom. The van der Waals surface area contributed by atoms with Gasteiger partial charge >= 0.3 is 0 Å². The number of aliphatic hydroxyl groups is 1. The molecule has 0 fully saturated rings. The molecule has 0 aliphatic carbocycles. The molecule has 1 aliphatic heterocycles. The molecule has 0 radical (unpaired) electrons. The lowest BCUT2D eigenvalue weighted by Gasteiger charge is -2.28. The van der Waals surface area contributed by atoms with Gasteiger partial charge in [-0.15, -0.1) is 0 Å². The van der Waals surface area contributed by atoms with Crippen molar-refractivity contribution in [1.29, 1.82) is 0 Å². The van der Waals surface area contributed by atoms with Gasteiger partial charge in [0.25, 0.3) is 5.91 Å². The standard InChI is InChI=1S/C23H25NO4/c1-13(2)11-19(26)20-21(16-6-8-17(25)9-7-16)24(23(28)22(20)27)18-10-5-14(3)12-15(18)4/h5-10,12-13,21,25,27H,11H2,1-4H3. The summed E-state index contributed by atoms with van der Waals surface area (Å²) in [6.45, 7) is 7.70. The van der Waals surface area contributed by atoms with E-state index in [1.54, 1.807) is 12.1 Å². The number of rotatable bonds is 5. The van der Waals surface area contributed by atoms with Crippen LogP contribution in [-0.2, 0) is 9.59 Å². The Morgan fingerprint density at radius 3 is 2.29 bits per heavy atom. The number of aryl methyl sites for hydroxylation is 2. The van der Waals surface area contributed by atoms with Gasteiger partial charge in [0, 0.05) is 12.1 Å². The molecule has 3 rings (SSSR count). The Labute approximate surface area is 164 Å². The molecular formula is C23H25NO4. The average Bonchev–Trinajstić information content (AvgIpc) is 2.87. The minimum absolute atomic E-state index is 0.0920. The van der Waals surface area contributed by atoms with E-state index in [1.807, 2.05) is 45.9 Å². The van der Waals surface area contributed by atoms with Crippen molar-refractivity contribution >= 4 is 17.4 Å². The number of carbonyl (C=O) groups excluding carboxylic acids is 2. The largest absolute Gasteiger partial charge is 0.508 e. The van der Waals surface area contributed by atoms with E-state index in [0.29, 0.717) is 11.3 Å². The molecule has 5 heteroatoms. The Hall–Kier alpha value is -3.08. The summed E-state index contributed by atoms with van der Waals surface area (Å²) in [5.41, 5.74) is 3.35. The van der Waals surface area contributed by atoms with Crippen molar-refractivity contribution in [3.63, 3.8) is 0 Å². The molecule has 5 nitrogen and oxygen atoms in total. The van der Waals surface area contributed by atoms with Crippen LogP contribution in [0.3, 0.4) is 0 Å². The summed E-state index contributed by atoms with van der Waals surface area (Å²) < 4.78 is 0. The van der Waals surface area contributed by atoms with Crippen molar-refractivity contribution in [2.24, 2.45) is 5.92 Å². The molecule has 0 bridgehead atoms. The second kappa shape index (κ2) is 7.50. The fourth-order valence-electron chi connectivity index (χ4n) is 3.67. The Morgan fingerprint density at radius 2 is 1.71 bits per heavy atom. The third-order valence-corrected chi connectivity index (χ3v) is 4.92. The summed E-state index contributed by atoms with van der Waals surface area (Å²) in [6, 6.07) is 11.3. The molecule has 0 spiro atoms. The molecule has 1 unspecified atom stereocenters. The minimum Gasteiger partial charge on any atom is -0.508 e. The first-order chi connectivity index (χ1) is 13.2. The van der Waals surface area contributed by atoms with Crippen LogP contribution in [0.1, 0.15) is 43.0 Å². The molecule has 0 aromatic heterocycles. The van der Waals surface area contributed by atoms with Crippen LogP contribution in [0.25, 0.3) is 0 Å². The number of ketones is 1. The second-order valence-corrected chi connectivity index (χ2v) is 7.74. The lowest BCUT2D eigenvalue weighted by Crippen LogP contribution is -2.31. The van der Waals surface area contributed by atoms with E-state index in [1.165, 1.54) is 17.0 Å². The van der Waals surface area contributed by atoms with E-state index in [-0.39, 0.29) is 29.4 Å². The van der Waals surface area contributed by atoms with E-state index in [0.717, 1.165) is 11.1 Å². The highest BCUT2D eigenvalue weighted by Crippen LogP contribution is 2.43. The monoisotopic (exact) mass is 379 g/mol. The van der Waals surface area contributed by atoms with Crippen LogP contribution in [0.4, 0.5) is 5.69 Å². The molecule has 28 heavy (non-hydrogen) atoms. The second-order valence-electron chi connectivity index (χ2n) is 7.74. The van der Waals surface area contributed by atoms with Crippen LogP contribution in [-0.4, -0.2) is 21.9 Å². The molecule has 1 amide bonds. The highest BCUT2D eigenvalue weighted by atomic mass is 16.3. The highest BCUT2D eigenvalue weighted by Gasteiger charge is 2.44. The van der Waals surface area contributed by atoms with Crippen molar-refractivity contribution in [2.75, 3.05) is 4.90 Å². The number of nitrogens with zero attached hydrogens (tertiary/aromatic N) is 1. The number of aliphatic hydroxyl groups excluding tert-OH is 1. The first-order valence-electron chi connectivity index (χ1n) is 9.36. The van der Waals surface area contributed by atoms with E-state index in [2.05, 4.69) is 0 Å². The number of aromatic hydroxyl groups is 1. The van der Waals surface area contributed by atoms with E-state index >= 15 is 0 Å². The van der Waals surface area contributed by atoms with Gasteiger partial charge in [-0.2, -0.15) is 0 Å². The van der Waals surface area contributed by atoms with Gasteiger partial charge in [0.15, 0.2) is 11.5 Å². The Kier molecular flexibility index (Phi) is 5.27. The van der Waals surface area contributed by atoms with Gasteiger partial charge in [-0.25, -0.2) is 0 Å². The molecule has 1 heterocycles. The van der Waals surface area contributed by atoms with Crippen molar-refractivity contribution in [1.82, 2.24) is 0 Å². The van der Waals surface area contributed by atoms with Crippen molar-refractivity contribution in [2.45, 2.75) is 40.2 Å². The number of amides is 1. The number of anilines is 1. The maximum absolute atomic E-state index is 13.0. The summed E-state index contributed by atoms with van der Waals surface area (Å²) in [5.74, 6) is -1.14. The summed E-state index contributed by atoms with van der Waals surface area (Å²) in [4.78, 5) is 27.4. The van der Waals surface area contributed by atoms with Gasteiger partial charge in [-0.1, -0.05) is 43.7 Å². The number of hydrogen-bond acceptors (Lipinski definition) is 4. The number of hydrogen-bond donors (Lipinski definition) is 2. The van der Waals surface area contributed by atoms with Gasteiger partial charge in [0.05, 0.1) is 11.6 Å². The van der Waals surface area contributed by atoms with Gasteiger partial charge in [-0.05, 0) is 49.1 Å². The maximum Gasteiger partial charge on any atom is 0.294 e. The number of benzene rings is 2. The molecule has 1 atom stereocenters. The summed E-state index contributed by atoms with van der Waals surface area (Å²) in [7, 11) is 0. The van der Waals surface area contributed by atoms with Crippen LogP contribution in [0.5, 0.6) is 5.75 Å². The predicted molar refractivity (Wildman–Crippen MR) is 108 cm³/mol. The third-order valence-electron chi connectivity index (χ3n) is 4.92. The molecule has 0 saturated heterocycles. The number of phenolic OH excluding ortho intramolecular Hbond substituents is 1. The average molecular weight is 379 g/mol. The molecule has 1 aliphatic rings. The number of Topliss-reactive ketones (excluding diaryl/α,β-unsaturated/α-hetero) is 1. The van der Waals surface area contributed by atoms with E-state index in [9.17, 15) is 19.8 Å². The van der Waals surface area contributed by atoms with Crippen molar-refractivity contribution < 1.29 is 19.8 Å². The highest BCUT2D eigenvalue weighted by molar-refractivity contribution is 6.16. The van der Waals surface area contributed by atoms with Gasteiger partial charge in [0.1, 0.15) is 5.75 Å². The molecule has 146 valence electrons. The Balaban J connectivity index is 2.17. The van der Waals surface area contributed by atoms with Gasteiger partial charge in [0.2, 0.25) is 0 Å². The zero-order chi connectivity index (χ0) is 20.6. The van der Waals surface area contributed by atoms with Crippen LogP contribution in [0.2, 0.25) is 0 Å². The predicted octanol–water partition coefficient (Wildman–Crippen LogP) is 4.52. The summed E-state index contributed by atoms with van der Waals surface area (Å²) in [5, 5.41) is 20.3. The molecule has 0 saturated carbocycles. The molecule has 2 aromatic rings. The number of carbonyl (C=O) groups is 2. The lowest BCUT2D eigenvalue weighted by atomic mass is 9.91. The summed E-state index contributed by atoms with van der Waals surface area (Å²) >= 11 is 0. The minimum atomic E-state index is -0.735. The van der Waals surface area contributed by atoms with Gasteiger partial charge < -0.3 is 10.2 Å². The topological polar surface area (TPSA) is 77.8 Å². The van der Waals surface area contributed by atoms with Crippen LogP contribution >= 0.6 is 0 Å². The quantitative estimate of drug-likeness (QED) is 0.800. The SMILES string of the molecule is Cc1ccc(N2C(=O)C(O)=C(C(=O)CC(C)C)C2c2ccc(O)cc2)c(C)c1. The van der Waals surface area contributed by atoms with Crippen LogP contribution in [0, 0.1) is 19.8 Å². The van der Waals surface area contributed by atoms with E-state index in [4.69, 9.17) is 0 Å². The normalized spacial score (nSPS) is 17.0. The molecule has 2 aromatic carbocycles. The number of phenols is 1. The fourth-order valence-corrected chi connectivity index (χ4v) is 3.67. The first-order valence-corrected chi connectivity index (χ1v) is 9.36. The summed E-state index contributed by atoms with van der Waals surface area (Å²) in [6.07, 6.45) is 0.238. The first kappa shape index (κ1) is 19.7. The maximum atomic E-state index is 13.0. The smallest absolute Gasteiger partial charge is 0.294 e. The zero-order valence-corrected chi connectivity index (χ0v) is 16.6. The van der Waals surface area contributed by atoms with Crippen molar-refractivity contribution in [3.05, 3.63) is 70.5 Å². The van der Waals surface area contributed by atoms with Crippen LogP contribution in [0.15, 0.2) is 53.8 Å². The fraction of sp³-hybridized carbons (Fsp3) is 0.304. The van der Waals surface area contributed by atoms with Gasteiger partial charge in [-0.3, -0.25) is 14.5 Å².